The quantitative estimate of drug-likeness (QED) is 0.746. The average molecular weight is 284 g/mol. The number of aliphatic hydroxyl groups excluding tert-OH is 1. The molecule has 0 aromatic carbocycles. The predicted molar refractivity (Wildman–Crippen MR) is 76.4 cm³/mol. The van der Waals surface area contributed by atoms with Crippen molar-refractivity contribution in [2.45, 2.75) is 33.2 Å². The van der Waals surface area contributed by atoms with E-state index in [1.54, 1.807) is 12.1 Å². The molecule has 0 bridgehead atoms. The summed E-state index contributed by atoms with van der Waals surface area (Å²) in [5.41, 5.74) is 0. The van der Waals surface area contributed by atoms with Gasteiger partial charge in [-0.2, -0.15) is 0 Å². The first-order valence-corrected chi connectivity index (χ1v) is 7.04. The van der Waals surface area contributed by atoms with Gasteiger partial charge in [0, 0.05) is 19.6 Å². The standard InChI is InChI=1S/C13H20N2O3S/c1-8(2)10(6-7-16)15-13(18)11-4-5-12(19-11)14-9(3)17/h4-5,8,10,16H,6-7H2,1-3H3,(H,14,17)(H,15,18). The first kappa shape index (κ1) is 15.7. The van der Waals surface area contributed by atoms with Gasteiger partial charge in [0.1, 0.15) is 0 Å². The summed E-state index contributed by atoms with van der Waals surface area (Å²) in [6.07, 6.45) is 0.535. The van der Waals surface area contributed by atoms with Crippen molar-refractivity contribution in [3.63, 3.8) is 0 Å². The Labute approximate surface area is 117 Å². The van der Waals surface area contributed by atoms with Gasteiger partial charge >= 0.3 is 0 Å². The van der Waals surface area contributed by atoms with E-state index in [0.29, 0.717) is 16.3 Å². The van der Waals surface area contributed by atoms with Gasteiger partial charge in [-0.15, -0.1) is 11.3 Å². The van der Waals surface area contributed by atoms with E-state index in [-0.39, 0.29) is 30.4 Å². The second-order valence-electron chi connectivity index (χ2n) is 4.68. The Morgan fingerprint density at radius 1 is 1.37 bits per heavy atom. The summed E-state index contributed by atoms with van der Waals surface area (Å²) in [6, 6.07) is 3.34. The first-order chi connectivity index (χ1) is 8.93. The van der Waals surface area contributed by atoms with Crippen LogP contribution in [0.15, 0.2) is 12.1 Å². The molecule has 6 heteroatoms. The minimum Gasteiger partial charge on any atom is -0.396 e. The highest BCUT2D eigenvalue weighted by Gasteiger charge is 2.18. The third-order valence-corrected chi connectivity index (χ3v) is 3.69. The molecule has 0 spiro atoms. The molecule has 2 amide bonds. The molecule has 0 aliphatic heterocycles. The molecule has 1 heterocycles. The molecule has 3 N–H and O–H groups in total. The summed E-state index contributed by atoms with van der Waals surface area (Å²) >= 11 is 1.23. The van der Waals surface area contributed by atoms with E-state index in [9.17, 15) is 9.59 Å². The molecule has 0 fully saturated rings. The molecule has 106 valence electrons. The zero-order chi connectivity index (χ0) is 14.4. The second kappa shape index (κ2) is 7.25. The van der Waals surface area contributed by atoms with Crippen LogP contribution in [-0.4, -0.2) is 29.6 Å². The van der Waals surface area contributed by atoms with Crippen LogP contribution in [-0.2, 0) is 4.79 Å². The number of nitrogens with one attached hydrogen (secondary N) is 2. The lowest BCUT2D eigenvalue weighted by molar-refractivity contribution is -0.114. The Kier molecular flexibility index (Phi) is 5.98. The third kappa shape index (κ3) is 5.00. The van der Waals surface area contributed by atoms with Crippen LogP contribution in [0.2, 0.25) is 0 Å². The fourth-order valence-electron chi connectivity index (χ4n) is 1.65. The number of carbonyl (C=O) groups excluding carboxylic acids is 2. The second-order valence-corrected chi connectivity index (χ2v) is 5.77. The summed E-state index contributed by atoms with van der Waals surface area (Å²) in [6.45, 7) is 5.47. The van der Waals surface area contributed by atoms with E-state index in [2.05, 4.69) is 10.6 Å². The molecule has 1 aromatic heterocycles. The maximum atomic E-state index is 12.0. The van der Waals surface area contributed by atoms with Gasteiger partial charge in [-0.25, -0.2) is 0 Å². The number of hydrogen-bond donors (Lipinski definition) is 3. The van der Waals surface area contributed by atoms with Crippen LogP contribution in [0.4, 0.5) is 5.00 Å². The zero-order valence-corrected chi connectivity index (χ0v) is 12.2. The van der Waals surface area contributed by atoms with Crippen LogP contribution in [0, 0.1) is 5.92 Å². The minimum absolute atomic E-state index is 0.0463. The van der Waals surface area contributed by atoms with Crippen molar-refractivity contribution >= 4 is 28.2 Å². The third-order valence-electron chi connectivity index (χ3n) is 2.69. The normalized spacial score (nSPS) is 12.3. The van der Waals surface area contributed by atoms with E-state index in [1.165, 1.54) is 18.3 Å². The van der Waals surface area contributed by atoms with Crippen molar-refractivity contribution in [1.82, 2.24) is 5.32 Å². The molecular weight excluding hydrogens is 264 g/mol. The van der Waals surface area contributed by atoms with E-state index in [4.69, 9.17) is 5.11 Å². The van der Waals surface area contributed by atoms with Crippen molar-refractivity contribution in [3.05, 3.63) is 17.0 Å². The lowest BCUT2D eigenvalue weighted by Gasteiger charge is -2.21. The number of carbonyl (C=O) groups is 2. The monoisotopic (exact) mass is 284 g/mol. The van der Waals surface area contributed by atoms with Crippen molar-refractivity contribution in [1.29, 1.82) is 0 Å². The van der Waals surface area contributed by atoms with E-state index in [0.717, 1.165) is 0 Å². The van der Waals surface area contributed by atoms with Crippen LogP contribution >= 0.6 is 11.3 Å². The molecular formula is C13H20N2O3S. The molecule has 0 aliphatic rings. The van der Waals surface area contributed by atoms with Crippen LogP contribution in [0.5, 0.6) is 0 Å². The molecule has 19 heavy (non-hydrogen) atoms. The van der Waals surface area contributed by atoms with Gasteiger partial charge in [0.2, 0.25) is 5.91 Å². The molecule has 1 unspecified atom stereocenters. The number of rotatable bonds is 6. The fraction of sp³-hybridized carbons (Fsp3) is 0.538. The maximum Gasteiger partial charge on any atom is 0.261 e. The van der Waals surface area contributed by atoms with Gasteiger partial charge in [-0.1, -0.05) is 13.8 Å². The summed E-state index contributed by atoms with van der Waals surface area (Å²) in [5.74, 6) is -0.0752. The van der Waals surface area contributed by atoms with Crippen molar-refractivity contribution in [2.24, 2.45) is 5.92 Å². The van der Waals surface area contributed by atoms with Crippen molar-refractivity contribution in [2.75, 3.05) is 11.9 Å². The molecule has 0 radical (unpaired) electrons. The number of aliphatic hydroxyl groups is 1. The highest BCUT2D eigenvalue weighted by atomic mass is 32.1. The molecule has 0 aliphatic carbocycles. The highest BCUT2D eigenvalue weighted by molar-refractivity contribution is 7.18. The molecule has 1 rings (SSSR count). The Balaban J connectivity index is 2.66. The van der Waals surface area contributed by atoms with Gasteiger partial charge in [0.25, 0.3) is 5.91 Å². The van der Waals surface area contributed by atoms with Crippen LogP contribution in [0.25, 0.3) is 0 Å². The summed E-state index contributed by atoms with van der Waals surface area (Å²) in [7, 11) is 0. The van der Waals surface area contributed by atoms with Crippen LogP contribution in [0.1, 0.15) is 36.9 Å². The number of hydrogen-bond acceptors (Lipinski definition) is 4. The summed E-state index contributed by atoms with van der Waals surface area (Å²) < 4.78 is 0. The Morgan fingerprint density at radius 2 is 2.05 bits per heavy atom. The number of anilines is 1. The minimum atomic E-state index is -0.172. The van der Waals surface area contributed by atoms with Gasteiger partial charge in [-0.05, 0) is 24.5 Å². The molecule has 1 aromatic rings. The van der Waals surface area contributed by atoms with Gasteiger partial charge in [-0.3, -0.25) is 9.59 Å². The molecule has 5 nitrogen and oxygen atoms in total. The SMILES string of the molecule is CC(=O)Nc1ccc(C(=O)NC(CCO)C(C)C)s1. The predicted octanol–water partition coefficient (Wildman–Crippen LogP) is 1.84. The van der Waals surface area contributed by atoms with Crippen LogP contribution < -0.4 is 10.6 Å². The lowest BCUT2D eigenvalue weighted by Crippen LogP contribution is -2.38. The van der Waals surface area contributed by atoms with Gasteiger partial charge in [0.15, 0.2) is 0 Å². The van der Waals surface area contributed by atoms with E-state index in [1.807, 2.05) is 13.8 Å². The average Bonchev–Trinajstić information content (AvgIpc) is 2.75. The molecule has 0 saturated carbocycles. The molecule has 0 saturated heterocycles. The van der Waals surface area contributed by atoms with Gasteiger partial charge in [0.05, 0.1) is 9.88 Å². The summed E-state index contributed by atoms with van der Waals surface area (Å²) in [4.78, 5) is 23.5. The highest BCUT2D eigenvalue weighted by Crippen LogP contribution is 2.22. The first-order valence-electron chi connectivity index (χ1n) is 6.23. The topological polar surface area (TPSA) is 78.4 Å². The van der Waals surface area contributed by atoms with Crippen LogP contribution in [0.3, 0.4) is 0 Å². The Bertz CT molecular complexity index is 443. The van der Waals surface area contributed by atoms with Crippen molar-refractivity contribution < 1.29 is 14.7 Å². The number of thiophene rings is 1. The number of amides is 2. The Hall–Kier alpha value is -1.40. The Morgan fingerprint density at radius 3 is 2.58 bits per heavy atom. The molecule has 1 atom stereocenters. The maximum absolute atomic E-state index is 12.0. The summed E-state index contributed by atoms with van der Waals surface area (Å²) in [5, 5.41) is 15.2. The fourth-order valence-corrected chi connectivity index (χ4v) is 2.51. The lowest BCUT2D eigenvalue weighted by atomic mass is 10.0. The largest absolute Gasteiger partial charge is 0.396 e. The zero-order valence-electron chi connectivity index (χ0n) is 11.4. The van der Waals surface area contributed by atoms with E-state index < -0.39 is 0 Å². The van der Waals surface area contributed by atoms with Gasteiger partial charge < -0.3 is 15.7 Å². The smallest absolute Gasteiger partial charge is 0.261 e. The van der Waals surface area contributed by atoms with Crippen molar-refractivity contribution in [3.8, 4) is 0 Å². The van der Waals surface area contributed by atoms with E-state index >= 15 is 0 Å².